The van der Waals surface area contributed by atoms with Crippen LogP contribution in [0.3, 0.4) is 0 Å². The fourth-order valence-electron chi connectivity index (χ4n) is 2.36. The maximum atomic E-state index is 12.0. The minimum Gasteiger partial charge on any atom is -0.354 e. The van der Waals surface area contributed by atoms with E-state index >= 15 is 0 Å². The topological polar surface area (TPSA) is 46.9 Å². The van der Waals surface area contributed by atoms with E-state index in [1.807, 2.05) is 54.9 Å². The highest BCUT2D eigenvalue weighted by atomic mass is 16.1. The summed E-state index contributed by atoms with van der Waals surface area (Å²) >= 11 is 0. The van der Waals surface area contributed by atoms with Crippen molar-refractivity contribution in [2.45, 2.75) is 19.4 Å². The molecule has 0 fully saturated rings. The zero-order valence-corrected chi connectivity index (χ0v) is 11.7. The van der Waals surface area contributed by atoms with Crippen LogP contribution in [0.15, 0.2) is 61.1 Å². The molecule has 2 heterocycles. The van der Waals surface area contributed by atoms with E-state index in [9.17, 15) is 4.79 Å². The van der Waals surface area contributed by atoms with Crippen LogP contribution in [0.2, 0.25) is 0 Å². The Morgan fingerprint density at radius 3 is 2.76 bits per heavy atom. The Balaban J connectivity index is 1.61. The summed E-state index contributed by atoms with van der Waals surface area (Å²) in [6, 6.07) is 13.7. The Bertz CT molecular complexity index is 729. The molecule has 0 aliphatic heterocycles. The van der Waals surface area contributed by atoms with Crippen LogP contribution in [-0.2, 0) is 11.3 Å². The summed E-state index contributed by atoms with van der Waals surface area (Å²) in [6.07, 6.45) is 7.07. The molecule has 0 spiro atoms. The van der Waals surface area contributed by atoms with E-state index in [0.717, 1.165) is 29.6 Å². The summed E-state index contributed by atoms with van der Waals surface area (Å²) in [5.41, 5.74) is 1.61. The van der Waals surface area contributed by atoms with Gasteiger partial charge >= 0.3 is 0 Å². The Kier molecular flexibility index (Phi) is 3.96. The quantitative estimate of drug-likeness (QED) is 0.777. The number of nitrogens with zero attached hydrogens (tertiary/aromatic N) is 2. The average Bonchev–Trinajstić information content (AvgIpc) is 3.01. The lowest BCUT2D eigenvalue weighted by atomic mass is 10.2. The summed E-state index contributed by atoms with van der Waals surface area (Å²) in [4.78, 5) is 16.4. The zero-order chi connectivity index (χ0) is 14.5. The highest BCUT2D eigenvalue weighted by Crippen LogP contribution is 2.20. The van der Waals surface area contributed by atoms with Crippen LogP contribution in [0.5, 0.6) is 0 Å². The van der Waals surface area contributed by atoms with Crippen molar-refractivity contribution in [2.75, 3.05) is 5.32 Å². The third kappa shape index (κ3) is 3.28. The first kappa shape index (κ1) is 13.4. The lowest BCUT2D eigenvalue weighted by Crippen LogP contribution is -2.12. The first-order valence-electron chi connectivity index (χ1n) is 7.07. The largest absolute Gasteiger partial charge is 0.354 e. The molecule has 21 heavy (non-hydrogen) atoms. The van der Waals surface area contributed by atoms with Crippen LogP contribution in [-0.4, -0.2) is 15.5 Å². The smallest absolute Gasteiger partial charge is 0.224 e. The van der Waals surface area contributed by atoms with E-state index in [4.69, 9.17) is 0 Å². The molecule has 0 unspecified atom stereocenters. The van der Waals surface area contributed by atoms with Crippen molar-refractivity contribution in [3.8, 4) is 0 Å². The maximum absolute atomic E-state index is 12.0. The molecule has 0 radical (unpaired) electrons. The zero-order valence-electron chi connectivity index (χ0n) is 11.7. The minimum absolute atomic E-state index is 0.0281. The SMILES string of the molecule is O=C(CCCn1cccc1)Nc1cccc2cccnc12. The summed E-state index contributed by atoms with van der Waals surface area (Å²) in [5, 5.41) is 3.98. The number of rotatable bonds is 5. The van der Waals surface area contributed by atoms with E-state index < -0.39 is 0 Å². The minimum atomic E-state index is 0.0281. The van der Waals surface area contributed by atoms with Gasteiger partial charge in [-0.05, 0) is 30.7 Å². The second kappa shape index (κ2) is 6.22. The Hall–Kier alpha value is -2.62. The van der Waals surface area contributed by atoms with E-state index in [1.54, 1.807) is 6.20 Å². The van der Waals surface area contributed by atoms with Gasteiger partial charge in [0.1, 0.15) is 0 Å². The summed E-state index contributed by atoms with van der Waals surface area (Å²) in [6.45, 7) is 0.855. The molecule has 106 valence electrons. The van der Waals surface area contributed by atoms with Gasteiger partial charge in [-0.25, -0.2) is 0 Å². The molecule has 3 aromatic rings. The number of aromatic nitrogens is 2. The predicted molar refractivity (Wildman–Crippen MR) is 84.0 cm³/mol. The van der Waals surface area contributed by atoms with Crippen LogP contribution in [0, 0.1) is 0 Å². The van der Waals surface area contributed by atoms with Gasteiger partial charge in [-0.3, -0.25) is 9.78 Å². The van der Waals surface area contributed by atoms with E-state index in [2.05, 4.69) is 14.9 Å². The number of pyridine rings is 1. The molecular formula is C17H17N3O. The number of carbonyl (C=O) groups is 1. The van der Waals surface area contributed by atoms with Gasteiger partial charge in [-0.15, -0.1) is 0 Å². The number of nitrogens with one attached hydrogen (secondary N) is 1. The van der Waals surface area contributed by atoms with Crippen molar-refractivity contribution in [2.24, 2.45) is 0 Å². The van der Waals surface area contributed by atoms with Crippen molar-refractivity contribution < 1.29 is 4.79 Å². The lowest BCUT2D eigenvalue weighted by Gasteiger charge is -2.08. The number of para-hydroxylation sites is 1. The predicted octanol–water partition coefficient (Wildman–Crippen LogP) is 3.46. The van der Waals surface area contributed by atoms with Gasteiger partial charge < -0.3 is 9.88 Å². The first-order chi connectivity index (χ1) is 10.3. The van der Waals surface area contributed by atoms with Gasteiger partial charge in [0.05, 0.1) is 11.2 Å². The second-order valence-corrected chi connectivity index (χ2v) is 4.95. The van der Waals surface area contributed by atoms with Crippen molar-refractivity contribution in [3.05, 3.63) is 61.1 Å². The number of carbonyl (C=O) groups excluding carboxylic acids is 1. The van der Waals surface area contributed by atoms with Gasteiger partial charge in [0.15, 0.2) is 0 Å². The molecule has 1 N–H and O–H groups in total. The first-order valence-corrected chi connectivity index (χ1v) is 7.07. The van der Waals surface area contributed by atoms with E-state index in [0.29, 0.717) is 6.42 Å². The van der Waals surface area contributed by atoms with Crippen LogP contribution in [0.25, 0.3) is 10.9 Å². The fourth-order valence-corrected chi connectivity index (χ4v) is 2.36. The molecular weight excluding hydrogens is 262 g/mol. The van der Waals surface area contributed by atoms with Gasteiger partial charge in [0.25, 0.3) is 0 Å². The number of amides is 1. The number of fused-ring (bicyclic) bond motifs is 1. The number of aryl methyl sites for hydroxylation is 1. The number of hydrogen-bond donors (Lipinski definition) is 1. The molecule has 0 bridgehead atoms. The molecule has 0 aliphatic carbocycles. The summed E-state index contributed by atoms with van der Waals surface area (Å²) < 4.78 is 2.08. The molecule has 4 heteroatoms. The molecule has 1 amide bonds. The monoisotopic (exact) mass is 279 g/mol. The second-order valence-electron chi connectivity index (χ2n) is 4.95. The molecule has 0 saturated carbocycles. The van der Waals surface area contributed by atoms with Crippen molar-refractivity contribution in [3.63, 3.8) is 0 Å². The van der Waals surface area contributed by atoms with Crippen LogP contribution < -0.4 is 5.32 Å². The standard InChI is InChI=1S/C17H17N3O/c21-16(9-5-13-20-11-1-2-12-20)19-15-8-3-6-14-7-4-10-18-17(14)15/h1-4,6-8,10-12H,5,9,13H2,(H,19,21). The van der Waals surface area contributed by atoms with Gasteiger partial charge in [0, 0.05) is 36.9 Å². The number of benzene rings is 1. The van der Waals surface area contributed by atoms with Crippen LogP contribution >= 0.6 is 0 Å². The Morgan fingerprint density at radius 2 is 1.90 bits per heavy atom. The van der Waals surface area contributed by atoms with Crippen LogP contribution in [0.4, 0.5) is 5.69 Å². The third-order valence-corrected chi connectivity index (χ3v) is 3.39. The Morgan fingerprint density at radius 1 is 1.10 bits per heavy atom. The molecule has 3 rings (SSSR count). The van der Waals surface area contributed by atoms with E-state index in [-0.39, 0.29) is 5.91 Å². The van der Waals surface area contributed by atoms with Crippen molar-refractivity contribution in [1.82, 2.24) is 9.55 Å². The Labute approximate surface area is 123 Å². The highest BCUT2D eigenvalue weighted by Gasteiger charge is 2.06. The van der Waals surface area contributed by atoms with E-state index in [1.165, 1.54) is 0 Å². The van der Waals surface area contributed by atoms with Crippen molar-refractivity contribution in [1.29, 1.82) is 0 Å². The molecule has 4 nitrogen and oxygen atoms in total. The van der Waals surface area contributed by atoms with Gasteiger partial charge in [0.2, 0.25) is 5.91 Å². The van der Waals surface area contributed by atoms with Gasteiger partial charge in [-0.2, -0.15) is 0 Å². The molecule has 0 saturated heterocycles. The van der Waals surface area contributed by atoms with Gasteiger partial charge in [-0.1, -0.05) is 18.2 Å². The lowest BCUT2D eigenvalue weighted by molar-refractivity contribution is -0.116. The molecule has 1 aromatic carbocycles. The highest BCUT2D eigenvalue weighted by molar-refractivity contribution is 6.00. The summed E-state index contributed by atoms with van der Waals surface area (Å²) in [5.74, 6) is 0.0281. The third-order valence-electron chi connectivity index (χ3n) is 3.39. The summed E-state index contributed by atoms with van der Waals surface area (Å²) in [7, 11) is 0. The van der Waals surface area contributed by atoms with Crippen LogP contribution in [0.1, 0.15) is 12.8 Å². The molecule has 2 aromatic heterocycles. The maximum Gasteiger partial charge on any atom is 0.224 e. The molecule has 0 atom stereocenters. The average molecular weight is 279 g/mol. The normalized spacial score (nSPS) is 10.7. The number of anilines is 1. The molecule has 0 aliphatic rings. The number of hydrogen-bond acceptors (Lipinski definition) is 2. The fraction of sp³-hybridized carbons (Fsp3) is 0.176. The van der Waals surface area contributed by atoms with Crippen molar-refractivity contribution >= 4 is 22.5 Å².